The summed E-state index contributed by atoms with van der Waals surface area (Å²) in [7, 11) is -1.48. The van der Waals surface area contributed by atoms with Gasteiger partial charge in [-0.2, -0.15) is 0 Å². The molecule has 2 rings (SSSR count). The number of rotatable bonds is 7. The summed E-state index contributed by atoms with van der Waals surface area (Å²) in [6, 6.07) is 0.0263. The van der Waals surface area contributed by atoms with Gasteiger partial charge in [0.15, 0.2) is 0 Å². The first kappa shape index (κ1) is 19.7. The SMILES string of the molecule is CCS(=O)(=O)N(C)C1CCN(C(=O)CNCC2CC2)CC1.Cl. The van der Waals surface area contributed by atoms with E-state index in [1.165, 1.54) is 17.1 Å². The molecule has 130 valence electrons. The summed E-state index contributed by atoms with van der Waals surface area (Å²) in [5.74, 6) is 1.04. The predicted octanol–water partition coefficient (Wildman–Crippen LogP) is 0.680. The fraction of sp³-hybridized carbons (Fsp3) is 0.929. The van der Waals surface area contributed by atoms with E-state index in [2.05, 4.69) is 5.32 Å². The summed E-state index contributed by atoms with van der Waals surface area (Å²) in [5.41, 5.74) is 0. The number of likely N-dealkylation sites (tertiary alicyclic amines) is 1. The number of carbonyl (C=O) groups excluding carboxylic acids is 1. The average molecular weight is 354 g/mol. The van der Waals surface area contributed by atoms with E-state index in [-0.39, 0.29) is 30.1 Å². The quantitative estimate of drug-likeness (QED) is 0.730. The van der Waals surface area contributed by atoms with E-state index in [0.29, 0.717) is 19.6 Å². The maximum atomic E-state index is 12.1. The van der Waals surface area contributed by atoms with Crippen LogP contribution < -0.4 is 5.32 Å². The molecule has 8 heteroatoms. The van der Waals surface area contributed by atoms with E-state index >= 15 is 0 Å². The molecule has 1 saturated heterocycles. The number of hydrogen-bond acceptors (Lipinski definition) is 4. The van der Waals surface area contributed by atoms with Gasteiger partial charge >= 0.3 is 0 Å². The van der Waals surface area contributed by atoms with Crippen molar-refractivity contribution < 1.29 is 13.2 Å². The number of piperidine rings is 1. The number of halogens is 1. The van der Waals surface area contributed by atoms with Gasteiger partial charge in [-0.3, -0.25) is 4.79 Å². The summed E-state index contributed by atoms with van der Waals surface area (Å²) < 4.78 is 25.2. The van der Waals surface area contributed by atoms with E-state index in [4.69, 9.17) is 0 Å². The molecular formula is C14H28ClN3O3S. The molecule has 1 amide bonds. The summed E-state index contributed by atoms with van der Waals surface area (Å²) >= 11 is 0. The first-order valence-electron chi connectivity index (χ1n) is 7.88. The number of nitrogens with one attached hydrogen (secondary N) is 1. The zero-order valence-corrected chi connectivity index (χ0v) is 15.1. The monoisotopic (exact) mass is 353 g/mol. The molecule has 0 spiro atoms. The van der Waals surface area contributed by atoms with Crippen LogP contribution in [0, 0.1) is 5.92 Å². The standard InChI is InChI=1S/C14H27N3O3S.ClH/c1-3-21(19,20)16(2)13-6-8-17(9-7-13)14(18)11-15-10-12-4-5-12;/h12-13,15H,3-11H2,1-2H3;1H. The largest absolute Gasteiger partial charge is 0.341 e. The van der Waals surface area contributed by atoms with Gasteiger partial charge in [-0.15, -0.1) is 12.4 Å². The van der Waals surface area contributed by atoms with Crippen molar-refractivity contribution >= 4 is 28.3 Å². The van der Waals surface area contributed by atoms with Crippen molar-refractivity contribution in [3.05, 3.63) is 0 Å². The Balaban J connectivity index is 0.00000242. The van der Waals surface area contributed by atoms with Crippen LogP contribution in [-0.2, 0) is 14.8 Å². The molecule has 1 aliphatic carbocycles. The molecule has 0 unspecified atom stereocenters. The zero-order chi connectivity index (χ0) is 15.5. The molecule has 0 atom stereocenters. The Kier molecular flexibility index (Phi) is 7.58. The molecule has 22 heavy (non-hydrogen) atoms. The summed E-state index contributed by atoms with van der Waals surface area (Å²) in [6.07, 6.45) is 4.02. The Hall–Kier alpha value is -0.370. The highest BCUT2D eigenvalue weighted by Crippen LogP contribution is 2.27. The van der Waals surface area contributed by atoms with E-state index in [1.54, 1.807) is 14.0 Å². The molecule has 6 nitrogen and oxygen atoms in total. The molecule has 1 N–H and O–H groups in total. The molecule has 0 bridgehead atoms. The molecule has 1 heterocycles. The minimum Gasteiger partial charge on any atom is -0.341 e. The number of sulfonamides is 1. The van der Waals surface area contributed by atoms with Crippen LogP contribution in [0.3, 0.4) is 0 Å². The topological polar surface area (TPSA) is 69.7 Å². The van der Waals surface area contributed by atoms with Gasteiger partial charge in [0.1, 0.15) is 0 Å². The maximum absolute atomic E-state index is 12.1. The van der Waals surface area contributed by atoms with Crippen LogP contribution >= 0.6 is 12.4 Å². The lowest BCUT2D eigenvalue weighted by Gasteiger charge is -2.36. The van der Waals surface area contributed by atoms with Gasteiger partial charge in [-0.05, 0) is 45.1 Å². The van der Waals surface area contributed by atoms with Crippen molar-refractivity contribution in [2.75, 3.05) is 39.0 Å². The van der Waals surface area contributed by atoms with Crippen LogP contribution in [0.1, 0.15) is 32.6 Å². The third-order valence-corrected chi connectivity index (χ3v) is 6.45. The van der Waals surface area contributed by atoms with Gasteiger partial charge in [0, 0.05) is 26.2 Å². The van der Waals surface area contributed by atoms with Gasteiger partial charge < -0.3 is 10.2 Å². The molecule has 0 aromatic carbocycles. The Morgan fingerprint density at radius 3 is 2.32 bits per heavy atom. The second-order valence-corrected chi connectivity index (χ2v) is 8.42. The summed E-state index contributed by atoms with van der Waals surface area (Å²) in [5, 5.41) is 3.21. The highest BCUT2D eigenvalue weighted by Gasteiger charge is 2.30. The maximum Gasteiger partial charge on any atom is 0.236 e. The first-order chi connectivity index (χ1) is 9.94. The molecule has 2 aliphatic rings. The lowest BCUT2D eigenvalue weighted by Crippen LogP contribution is -2.49. The zero-order valence-electron chi connectivity index (χ0n) is 13.5. The average Bonchev–Trinajstić information content (AvgIpc) is 3.30. The number of nitrogens with zero attached hydrogens (tertiary/aromatic N) is 2. The second kappa shape index (κ2) is 8.47. The Morgan fingerprint density at radius 2 is 1.82 bits per heavy atom. The predicted molar refractivity (Wildman–Crippen MR) is 89.7 cm³/mol. The minimum atomic E-state index is -3.13. The highest BCUT2D eigenvalue weighted by molar-refractivity contribution is 7.89. The molecule has 1 aliphatic heterocycles. The number of carbonyl (C=O) groups is 1. The van der Waals surface area contributed by atoms with Gasteiger partial charge in [0.2, 0.25) is 15.9 Å². The third-order valence-electron chi connectivity index (χ3n) is 4.54. The Bertz CT molecular complexity index is 460. The molecule has 0 aromatic heterocycles. The van der Waals surface area contributed by atoms with Crippen LogP contribution in [0.5, 0.6) is 0 Å². The van der Waals surface area contributed by atoms with Crippen molar-refractivity contribution in [1.82, 2.24) is 14.5 Å². The number of amides is 1. The van der Waals surface area contributed by atoms with Crippen molar-refractivity contribution in [3.63, 3.8) is 0 Å². The van der Waals surface area contributed by atoms with E-state index in [1.807, 2.05) is 4.90 Å². The van der Waals surface area contributed by atoms with Crippen LogP contribution in [0.25, 0.3) is 0 Å². The fourth-order valence-electron chi connectivity index (χ4n) is 2.73. The normalized spacial score (nSPS) is 20.0. The van der Waals surface area contributed by atoms with Gasteiger partial charge in [-0.25, -0.2) is 12.7 Å². The molecule has 0 aromatic rings. The fourth-order valence-corrected chi connectivity index (χ4v) is 3.80. The summed E-state index contributed by atoms with van der Waals surface area (Å²) in [6.45, 7) is 4.32. The van der Waals surface area contributed by atoms with E-state index < -0.39 is 10.0 Å². The highest BCUT2D eigenvalue weighted by atomic mass is 35.5. The van der Waals surface area contributed by atoms with E-state index in [9.17, 15) is 13.2 Å². The summed E-state index contributed by atoms with van der Waals surface area (Å²) in [4.78, 5) is 13.9. The molecule has 0 radical (unpaired) electrons. The first-order valence-corrected chi connectivity index (χ1v) is 9.49. The van der Waals surface area contributed by atoms with Crippen molar-refractivity contribution in [3.8, 4) is 0 Å². The van der Waals surface area contributed by atoms with Gasteiger partial charge in [0.25, 0.3) is 0 Å². The number of hydrogen-bond donors (Lipinski definition) is 1. The van der Waals surface area contributed by atoms with Crippen LogP contribution in [0.2, 0.25) is 0 Å². The second-order valence-electron chi connectivity index (χ2n) is 6.10. The molecule has 1 saturated carbocycles. The molecular weight excluding hydrogens is 326 g/mol. The molecule has 2 fully saturated rings. The van der Waals surface area contributed by atoms with Crippen molar-refractivity contribution in [2.24, 2.45) is 5.92 Å². The van der Waals surface area contributed by atoms with Crippen LogP contribution in [-0.4, -0.2) is 68.6 Å². The Morgan fingerprint density at radius 1 is 1.23 bits per heavy atom. The Labute approximate surface area is 140 Å². The van der Waals surface area contributed by atoms with Gasteiger partial charge in [-0.1, -0.05) is 0 Å². The van der Waals surface area contributed by atoms with E-state index in [0.717, 1.165) is 25.3 Å². The van der Waals surface area contributed by atoms with Crippen LogP contribution in [0.4, 0.5) is 0 Å². The van der Waals surface area contributed by atoms with Crippen LogP contribution in [0.15, 0.2) is 0 Å². The van der Waals surface area contributed by atoms with Gasteiger partial charge in [0.05, 0.1) is 12.3 Å². The van der Waals surface area contributed by atoms with Crippen molar-refractivity contribution in [1.29, 1.82) is 0 Å². The lowest BCUT2D eigenvalue weighted by molar-refractivity contribution is -0.131. The smallest absolute Gasteiger partial charge is 0.236 e. The van der Waals surface area contributed by atoms with Crippen molar-refractivity contribution in [2.45, 2.75) is 38.6 Å². The third kappa shape index (κ3) is 5.37. The lowest BCUT2D eigenvalue weighted by atomic mass is 10.1. The minimum absolute atomic E-state index is 0.